The predicted octanol–water partition coefficient (Wildman–Crippen LogP) is 1.58. The lowest BCUT2D eigenvalue weighted by atomic mass is 10.2. The summed E-state index contributed by atoms with van der Waals surface area (Å²) in [6, 6.07) is 4.65. The molecule has 0 spiro atoms. The number of hydrogen-bond acceptors (Lipinski definition) is 4. The molecule has 6 nitrogen and oxygen atoms in total. The lowest BCUT2D eigenvalue weighted by Crippen LogP contribution is -2.45. The Bertz CT molecular complexity index is 558. The van der Waals surface area contributed by atoms with E-state index in [2.05, 4.69) is 20.5 Å². The van der Waals surface area contributed by atoms with Crippen molar-refractivity contribution in [2.24, 2.45) is 4.99 Å². The number of nitrogens with one attached hydrogen (secondary N) is 2. The summed E-state index contributed by atoms with van der Waals surface area (Å²) in [5.41, 5.74) is -0.687. The van der Waals surface area contributed by atoms with Gasteiger partial charge in [0.25, 0.3) is 0 Å². The molecule has 0 aliphatic carbocycles. The monoisotopic (exact) mass is 374 g/mol. The van der Waals surface area contributed by atoms with E-state index in [1.54, 1.807) is 7.05 Å². The quantitative estimate of drug-likeness (QED) is 0.431. The van der Waals surface area contributed by atoms with E-state index in [1.165, 1.54) is 12.1 Å². The topological polar surface area (TPSA) is 58.1 Å². The van der Waals surface area contributed by atoms with Crippen molar-refractivity contribution in [1.82, 2.24) is 15.5 Å². The molecule has 1 saturated heterocycles. The van der Waals surface area contributed by atoms with Crippen LogP contribution in [-0.4, -0.2) is 70.5 Å². The first-order valence-electron chi connectivity index (χ1n) is 8.54. The third kappa shape index (κ3) is 7.09. The molecule has 0 amide bonds. The van der Waals surface area contributed by atoms with Crippen molar-refractivity contribution in [3.05, 3.63) is 29.8 Å². The van der Waals surface area contributed by atoms with Gasteiger partial charge >= 0.3 is 6.18 Å². The first kappa shape index (κ1) is 20.3. The Labute approximate surface area is 151 Å². The Kier molecular flexibility index (Phi) is 7.99. The van der Waals surface area contributed by atoms with E-state index < -0.39 is 11.7 Å². The number of rotatable bonds is 7. The van der Waals surface area contributed by atoms with E-state index in [-0.39, 0.29) is 0 Å². The van der Waals surface area contributed by atoms with Gasteiger partial charge in [-0.05, 0) is 24.3 Å². The summed E-state index contributed by atoms with van der Waals surface area (Å²) in [5.74, 6) is 1.06. The smallest absolute Gasteiger partial charge is 0.416 e. The number of benzene rings is 1. The highest BCUT2D eigenvalue weighted by Crippen LogP contribution is 2.30. The summed E-state index contributed by atoms with van der Waals surface area (Å²) in [5, 5.41) is 6.32. The minimum absolute atomic E-state index is 0.315. The van der Waals surface area contributed by atoms with Crippen LogP contribution in [0, 0.1) is 0 Å². The van der Waals surface area contributed by atoms with E-state index in [0.29, 0.717) is 24.9 Å². The van der Waals surface area contributed by atoms with Crippen LogP contribution in [0.4, 0.5) is 13.2 Å². The Hall–Kier alpha value is -2.00. The van der Waals surface area contributed by atoms with Crippen molar-refractivity contribution in [2.45, 2.75) is 6.18 Å². The van der Waals surface area contributed by atoms with Gasteiger partial charge in [-0.3, -0.25) is 9.89 Å². The fourth-order valence-electron chi connectivity index (χ4n) is 2.46. The maximum Gasteiger partial charge on any atom is 0.416 e. The minimum Gasteiger partial charge on any atom is -0.492 e. The molecule has 0 radical (unpaired) electrons. The van der Waals surface area contributed by atoms with Gasteiger partial charge in [0, 0.05) is 33.2 Å². The molecule has 1 aromatic carbocycles. The molecule has 1 aliphatic rings. The van der Waals surface area contributed by atoms with Crippen molar-refractivity contribution in [1.29, 1.82) is 0 Å². The fraction of sp³-hybridized carbons (Fsp3) is 0.588. The molecule has 9 heteroatoms. The largest absolute Gasteiger partial charge is 0.492 e. The minimum atomic E-state index is -4.33. The molecule has 1 aromatic rings. The number of ether oxygens (including phenoxy) is 2. The highest BCUT2D eigenvalue weighted by Gasteiger charge is 2.29. The summed E-state index contributed by atoms with van der Waals surface area (Å²) in [4.78, 5) is 6.44. The normalized spacial score (nSPS) is 16.4. The lowest BCUT2D eigenvalue weighted by Gasteiger charge is -2.26. The number of guanidine groups is 1. The molecule has 2 rings (SSSR count). The molecule has 146 valence electrons. The van der Waals surface area contributed by atoms with E-state index in [0.717, 1.165) is 51.5 Å². The van der Waals surface area contributed by atoms with Crippen molar-refractivity contribution < 1.29 is 22.6 Å². The molecule has 0 aromatic heterocycles. The number of aliphatic imine (C=N–C) groups is 1. The summed E-state index contributed by atoms with van der Waals surface area (Å²) in [7, 11) is 1.68. The first-order valence-corrected chi connectivity index (χ1v) is 8.54. The van der Waals surface area contributed by atoms with Crippen LogP contribution in [-0.2, 0) is 10.9 Å². The second kappa shape index (κ2) is 10.2. The van der Waals surface area contributed by atoms with Crippen LogP contribution in [0.2, 0.25) is 0 Å². The third-order valence-corrected chi connectivity index (χ3v) is 3.89. The Morgan fingerprint density at radius 1 is 1.15 bits per heavy atom. The number of nitrogens with zero attached hydrogens (tertiary/aromatic N) is 2. The maximum atomic E-state index is 12.5. The Morgan fingerprint density at radius 2 is 1.81 bits per heavy atom. The van der Waals surface area contributed by atoms with E-state index in [4.69, 9.17) is 9.47 Å². The molecule has 1 fully saturated rings. The maximum absolute atomic E-state index is 12.5. The SMILES string of the molecule is CN=C(NCCOc1ccc(C(F)(F)F)cc1)NCCN1CCOCC1. The zero-order valence-corrected chi connectivity index (χ0v) is 14.8. The molecular formula is C17H25F3N4O2. The van der Waals surface area contributed by atoms with Gasteiger partial charge in [0.05, 0.1) is 25.3 Å². The molecule has 1 heterocycles. The second-order valence-corrected chi connectivity index (χ2v) is 5.75. The average Bonchev–Trinajstić information content (AvgIpc) is 2.64. The number of hydrogen-bond donors (Lipinski definition) is 2. The van der Waals surface area contributed by atoms with E-state index >= 15 is 0 Å². The van der Waals surface area contributed by atoms with Crippen LogP contribution in [0.3, 0.4) is 0 Å². The van der Waals surface area contributed by atoms with E-state index in [9.17, 15) is 13.2 Å². The Morgan fingerprint density at radius 3 is 2.42 bits per heavy atom. The fourth-order valence-corrected chi connectivity index (χ4v) is 2.46. The zero-order chi connectivity index (χ0) is 18.8. The van der Waals surface area contributed by atoms with E-state index in [1.807, 2.05) is 0 Å². The van der Waals surface area contributed by atoms with Gasteiger partial charge in [-0.2, -0.15) is 13.2 Å². The third-order valence-electron chi connectivity index (χ3n) is 3.89. The molecule has 2 N–H and O–H groups in total. The molecule has 1 aliphatic heterocycles. The van der Waals surface area contributed by atoms with Gasteiger partial charge in [-0.15, -0.1) is 0 Å². The van der Waals surface area contributed by atoms with Crippen LogP contribution >= 0.6 is 0 Å². The molecule has 0 unspecified atom stereocenters. The first-order chi connectivity index (χ1) is 12.5. The standard InChI is InChI=1S/C17H25F3N4O2/c1-21-16(22-6-8-24-9-12-25-13-10-24)23-7-11-26-15-4-2-14(3-5-15)17(18,19)20/h2-5H,6-13H2,1H3,(H2,21,22,23). The van der Waals surface area contributed by atoms with Crippen LogP contribution in [0.1, 0.15) is 5.56 Å². The van der Waals surface area contributed by atoms with Crippen LogP contribution in [0.25, 0.3) is 0 Å². The van der Waals surface area contributed by atoms with Gasteiger partial charge < -0.3 is 20.1 Å². The van der Waals surface area contributed by atoms with Crippen molar-refractivity contribution in [3.63, 3.8) is 0 Å². The van der Waals surface area contributed by atoms with Crippen LogP contribution in [0.15, 0.2) is 29.3 Å². The Balaban J connectivity index is 1.61. The second-order valence-electron chi connectivity index (χ2n) is 5.75. The molecule has 26 heavy (non-hydrogen) atoms. The van der Waals surface area contributed by atoms with Gasteiger partial charge in [0.15, 0.2) is 5.96 Å². The molecule has 0 saturated carbocycles. The zero-order valence-electron chi connectivity index (χ0n) is 14.8. The summed E-state index contributed by atoms with van der Waals surface area (Å²) >= 11 is 0. The molecule has 0 bridgehead atoms. The van der Waals surface area contributed by atoms with Gasteiger partial charge in [-0.1, -0.05) is 0 Å². The highest BCUT2D eigenvalue weighted by atomic mass is 19.4. The van der Waals surface area contributed by atoms with Crippen molar-refractivity contribution in [2.75, 3.05) is 59.6 Å². The number of alkyl halides is 3. The summed E-state index contributed by atoms with van der Waals surface area (Å²) in [6.07, 6.45) is -4.33. The lowest BCUT2D eigenvalue weighted by molar-refractivity contribution is -0.137. The van der Waals surface area contributed by atoms with Gasteiger partial charge in [0.2, 0.25) is 0 Å². The van der Waals surface area contributed by atoms with Crippen molar-refractivity contribution >= 4 is 5.96 Å². The number of halogens is 3. The van der Waals surface area contributed by atoms with Crippen LogP contribution in [0.5, 0.6) is 5.75 Å². The van der Waals surface area contributed by atoms with Gasteiger partial charge in [-0.25, -0.2) is 0 Å². The molecular weight excluding hydrogens is 349 g/mol. The summed E-state index contributed by atoms with van der Waals surface area (Å²) in [6.45, 7) is 5.89. The van der Waals surface area contributed by atoms with Crippen molar-refractivity contribution in [3.8, 4) is 5.75 Å². The van der Waals surface area contributed by atoms with Gasteiger partial charge in [0.1, 0.15) is 12.4 Å². The van der Waals surface area contributed by atoms with Crippen LogP contribution < -0.4 is 15.4 Å². The highest BCUT2D eigenvalue weighted by molar-refractivity contribution is 5.79. The predicted molar refractivity (Wildman–Crippen MR) is 93.6 cm³/mol. The average molecular weight is 374 g/mol. The number of morpholine rings is 1. The molecule has 0 atom stereocenters. The summed E-state index contributed by atoms with van der Waals surface area (Å²) < 4.78 is 48.2.